The number of halogens is 3. The van der Waals surface area contributed by atoms with Gasteiger partial charge in [-0.3, -0.25) is 0 Å². The zero-order valence-electron chi connectivity index (χ0n) is 17.7. The molecule has 0 aromatic heterocycles. The van der Waals surface area contributed by atoms with Crippen LogP contribution in [-0.4, -0.2) is 41.0 Å². The fourth-order valence-corrected chi connectivity index (χ4v) is 4.39. The van der Waals surface area contributed by atoms with Gasteiger partial charge in [-0.2, -0.15) is 13.2 Å². The average molecular weight is 454 g/mol. The normalized spacial score (nSPS) is 19.5. The van der Waals surface area contributed by atoms with Crippen molar-refractivity contribution >= 4 is 17.9 Å². The van der Waals surface area contributed by atoms with Crippen LogP contribution in [0.15, 0.2) is 59.5 Å². The van der Waals surface area contributed by atoms with Gasteiger partial charge in [0.15, 0.2) is 0 Å². The fraction of sp³-hybridized carbons (Fsp3) is 0.435. The second-order valence-electron chi connectivity index (χ2n) is 8.40. The van der Waals surface area contributed by atoms with Crippen LogP contribution in [0.3, 0.4) is 0 Å². The summed E-state index contributed by atoms with van der Waals surface area (Å²) in [5, 5.41) is -0.0237. The number of rotatable bonds is 5. The van der Waals surface area contributed by atoms with E-state index in [0.717, 1.165) is 17.0 Å². The highest BCUT2D eigenvalue weighted by molar-refractivity contribution is 8.00. The Morgan fingerprint density at radius 2 is 1.68 bits per heavy atom. The highest BCUT2D eigenvalue weighted by atomic mass is 32.2. The number of hydrogen-bond donors (Lipinski definition) is 0. The SMILES string of the molecule is CC(C)(C)OC(=O)N1CC(OCc2ccc(C(F)(F)F)cc2)C(Sc2ccccc2)C1. The predicted octanol–water partition coefficient (Wildman–Crippen LogP) is 6.00. The molecule has 1 saturated heterocycles. The number of benzene rings is 2. The summed E-state index contributed by atoms with van der Waals surface area (Å²) < 4.78 is 49.8. The van der Waals surface area contributed by atoms with E-state index in [0.29, 0.717) is 18.7 Å². The number of ether oxygens (including phenoxy) is 2. The van der Waals surface area contributed by atoms with Gasteiger partial charge in [0.2, 0.25) is 0 Å². The van der Waals surface area contributed by atoms with Gasteiger partial charge in [0.25, 0.3) is 0 Å². The molecule has 1 aliphatic rings. The van der Waals surface area contributed by atoms with Gasteiger partial charge in [0, 0.05) is 11.4 Å². The molecular formula is C23H26F3NO3S. The lowest BCUT2D eigenvalue weighted by molar-refractivity contribution is -0.137. The molecule has 2 aromatic carbocycles. The Kier molecular flexibility index (Phi) is 7.21. The van der Waals surface area contributed by atoms with Crippen LogP contribution in [0.4, 0.5) is 18.0 Å². The quantitative estimate of drug-likeness (QED) is 0.556. The molecule has 0 bridgehead atoms. The number of nitrogens with zero attached hydrogens (tertiary/aromatic N) is 1. The summed E-state index contributed by atoms with van der Waals surface area (Å²) in [6.07, 6.45) is -5.04. The van der Waals surface area contributed by atoms with Crippen LogP contribution in [0.25, 0.3) is 0 Å². The molecule has 3 rings (SSSR count). The molecule has 4 nitrogen and oxygen atoms in total. The van der Waals surface area contributed by atoms with Crippen molar-refractivity contribution in [3.63, 3.8) is 0 Å². The molecule has 0 N–H and O–H groups in total. The minimum atomic E-state index is -4.36. The highest BCUT2D eigenvalue weighted by Crippen LogP contribution is 2.33. The Labute approximate surface area is 184 Å². The maximum Gasteiger partial charge on any atom is 0.416 e. The summed E-state index contributed by atoms with van der Waals surface area (Å²) >= 11 is 1.62. The smallest absolute Gasteiger partial charge is 0.416 e. The summed E-state index contributed by atoms with van der Waals surface area (Å²) in [5.41, 5.74) is -0.642. The number of amides is 1. The first-order chi connectivity index (χ1) is 14.5. The van der Waals surface area contributed by atoms with Crippen LogP contribution in [0.1, 0.15) is 31.9 Å². The molecule has 2 aromatic rings. The standard InChI is InChI=1S/C23H26F3NO3S/c1-22(2,3)30-21(28)27-13-19(20(14-27)31-18-7-5-4-6-8-18)29-15-16-9-11-17(12-10-16)23(24,25)26/h4-12,19-20H,13-15H2,1-3H3. The number of carbonyl (C=O) groups excluding carboxylic acids is 1. The number of thioether (sulfide) groups is 1. The van der Waals surface area contributed by atoms with Crippen molar-refractivity contribution in [2.24, 2.45) is 0 Å². The van der Waals surface area contributed by atoms with E-state index in [4.69, 9.17) is 9.47 Å². The zero-order valence-corrected chi connectivity index (χ0v) is 18.5. The van der Waals surface area contributed by atoms with Crippen molar-refractivity contribution in [3.8, 4) is 0 Å². The zero-order chi connectivity index (χ0) is 22.6. The number of alkyl halides is 3. The van der Waals surface area contributed by atoms with Gasteiger partial charge < -0.3 is 14.4 Å². The van der Waals surface area contributed by atoms with Crippen LogP contribution in [0, 0.1) is 0 Å². The molecule has 0 aliphatic carbocycles. The molecule has 0 radical (unpaired) electrons. The van der Waals surface area contributed by atoms with Gasteiger partial charge in [0.05, 0.1) is 30.1 Å². The number of hydrogen-bond acceptors (Lipinski definition) is 4. The first-order valence-electron chi connectivity index (χ1n) is 9.99. The molecule has 8 heteroatoms. The number of carbonyl (C=O) groups is 1. The summed E-state index contributed by atoms with van der Waals surface area (Å²) in [6.45, 7) is 6.43. The van der Waals surface area contributed by atoms with E-state index in [-0.39, 0.29) is 18.0 Å². The van der Waals surface area contributed by atoms with E-state index in [1.54, 1.807) is 16.7 Å². The van der Waals surface area contributed by atoms with E-state index >= 15 is 0 Å². The average Bonchev–Trinajstić information content (AvgIpc) is 3.08. The van der Waals surface area contributed by atoms with Crippen molar-refractivity contribution < 1.29 is 27.4 Å². The Bertz CT molecular complexity index is 866. The lowest BCUT2D eigenvalue weighted by Crippen LogP contribution is -2.36. The van der Waals surface area contributed by atoms with Gasteiger partial charge in [-0.15, -0.1) is 11.8 Å². The van der Waals surface area contributed by atoms with Gasteiger partial charge >= 0.3 is 12.3 Å². The molecule has 1 aliphatic heterocycles. The largest absolute Gasteiger partial charge is 0.444 e. The lowest BCUT2D eigenvalue weighted by Gasteiger charge is -2.24. The summed E-state index contributed by atoms with van der Waals surface area (Å²) in [5.74, 6) is 0. The van der Waals surface area contributed by atoms with Crippen molar-refractivity contribution in [1.82, 2.24) is 4.90 Å². The van der Waals surface area contributed by atoms with Crippen LogP contribution < -0.4 is 0 Å². The first-order valence-corrected chi connectivity index (χ1v) is 10.9. The van der Waals surface area contributed by atoms with E-state index < -0.39 is 23.4 Å². The summed E-state index contributed by atoms with van der Waals surface area (Å²) in [4.78, 5) is 15.2. The molecule has 168 valence electrons. The molecular weight excluding hydrogens is 427 g/mol. The summed E-state index contributed by atoms with van der Waals surface area (Å²) in [7, 11) is 0. The second-order valence-corrected chi connectivity index (χ2v) is 9.71. The van der Waals surface area contributed by atoms with Gasteiger partial charge in [-0.1, -0.05) is 30.3 Å². The van der Waals surface area contributed by atoms with E-state index in [2.05, 4.69) is 0 Å². The van der Waals surface area contributed by atoms with Gasteiger partial charge in [-0.05, 0) is 50.6 Å². The number of likely N-dealkylation sites (tertiary alicyclic amines) is 1. The Morgan fingerprint density at radius 3 is 2.26 bits per heavy atom. The topological polar surface area (TPSA) is 38.8 Å². The molecule has 0 spiro atoms. The van der Waals surface area contributed by atoms with E-state index in [9.17, 15) is 18.0 Å². The van der Waals surface area contributed by atoms with E-state index in [1.165, 1.54) is 12.1 Å². The predicted molar refractivity (Wildman–Crippen MR) is 114 cm³/mol. The van der Waals surface area contributed by atoms with Crippen LogP contribution in [-0.2, 0) is 22.3 Å². The summed E-state index contributed by atoms with van der Waals surface area (Å²) in [6, 6.07) is 14.8. The third kappa shape index (κ3) is 6.90. The minimum Gasteiger partial charge on any atom is -0.444 e. The van der Waals surface area contributed by atoms with Crippen LogP contribution in [0.2, 0.25) is 0 Å². The van der Waals surface area contributed by atoms with Gasteiger partial charge in [-0.25, -0.2) is 4.79 Å². The van der Waals surface area contributed by atoms with Gasteiger partial charge in [0.1, 0.15) is 5.60 Å². The maximum atomic E-state index is 12.8. The van der Waals surface area contributed by atoms with Crippen molar-refractivity contribution in [1.29, 1.82) is 0 Å². The first kappa shape index (κ1) is 23.5. The van der Waals surface area contributed by atoms with Crippen LogP contribution >= 0.6 is 11.8 Å². The lowest BCUT2D eigenvalue weighted by atomic mass is 10.1. The van der Waals surface area contributed by atoms with Crippen molar-refractivity contribution in [2.75, 3.05) is 13.1 Å². The molecule has 2 unspecified atom stereocenters. The van der Waals surface area contributed by atoms with Crippen LogP contribution in [0.5, 0.6) is 0 Å². The Hall–Kier alpha value is -2.19. The third-order valence-electron chi connectivity index (χ3n) is 4.64. The molecule has 1 fully saturated rings. The molecule has 1 amide bonds. The maximum absolute atomic E-state index is 12.8. The Balaban J connectivity index is 1.67. The third-order valence-corrected chi connectivity index (χ3v) is 5.94. The molecule has 1 heterocycles. The monoisotopic (exact) mass is 453 g/mol. The van der Waals surface area contributed by atoms with Crippen molar-refractivity contribution in [2.45, 2.75) is 55.4 Å². The van der Waals surface area contributed by atoms with E-state index in [1.807, 2.05) is 51.1 Å². The Morgan fingerprint density at radius 1 is 1.03 bits per heavy atom. The molecule has 31 heavy (non-hydrogen) atoms. The molecule has 0 saturated carbocycles. The van der Waals surface area contributed by atoms with Crippen molar-refractivity contribution in [3.05, 3.63) is 65.7 Å². The fourth-order valence-electron chi connectivity index (χ4n) is 3.16. The molecule has 2 atom stereocenters. The second kappa shape index (κ2) is 9.53. The highest BCUT2D eigenvalue weighted by Gasteiger charge is 2.38. The minimum absolute atomic E-state index is 0.0237.